The summed E-state index contributed by atoms with van der Waals surface area (Å²) in [7, 11) is 1.62. The fraction of sp³-hybridized carbons (Fsp3) is 0.385. The lowest BCUT2D eigenvalue weighted by molar-refractivity contribution is 0.325. The first-order chi connectivity index (χ1) is 8.61. The summed E-state index contributed by atoms with van der Waals surface area (Å²) >= 11 is 0. The van der Waals surface area contributed by atoms with Gasteiger partial charge in [0.05, 0.1) is 13.2 Å². The summed E-state index contributed by atoms with van der Waals surface area (Å²) in [6.07, 6.45) is 0. The minimum atomic E-state index is -0.239. The number of hydrogen-bond donors (Lipinski definition) is 1. The number of hydrogen-bond acceptors (Lipinski definition) is 5. The van der Waals surface area contributed by atoms with Crippen LogP contribution in [0.4, 0.5) is 0 Å². The highest BCUT2D eigenvalue weighted by Gasteiger charge is 2.18. The van der Waals surface area contributed by atoms with Crippen LogP contribution < -0.4 is 10.5 Å². The van der Waals surface area contributed by atoms with Gasteiger partial charge in [0.1, 0.15) is 5.75 Å². The molecule has 0 saturated carbocycles. The standard InChI is InChI=1S/C13H17N3O2.ClH/c1-8(2)11(14)13-15-12(16-18-13)9-5-4-6-10(7-9)17-3;/h4-8,11H,14H2,1-3H3;1H/t11-;/m1./s1. The Balaban J connectivity index is 0.00000180. The molecule has 1 atom stereocenters. The van der Waals surface area contributed by atoms with Crippen molar-refractivity contribution in [1.82, 2.24) is 10.1 Å². The molecule has 0 aliphatic carbocycles. The van der Waals surface area contributed by atoms with Gasteiger partial charge >= 0.3 is 0 Å². The van der Waals surface area contributed by atoms with E-state index >= 15 is 0 Å². The number of halogens is 1. The summed E-state index contributed by atoms with van der Waals surface area (Å²) in [5.74, 6) is 2.00. The van der Waals surface area contributed by atoms with E-state index in [9.17, 15) is 0 Å². The fourth-order valence-electron chi connectivity index (χ4n) is 1.54. The lowest BCUT2D eigenvalue weighted by Crippen LogP contribution is -2.16. The molecule has 1 aromatic carbocycles. The first-order valence-corrected chi connectivity index (χ1v) is 5.85. The topological polar surface area (TPSA) is 74.2 Å². The summed E-state index contributed by atoms with van der Waals surface area (Å²) < 4.78 is 10.3. The second-order valence-electron chi connectivity index (χ2n) is 4.46. The first kappa shape index (κ1) is 15.5. The summed E-state index contributed by atoms with van der Waals surface area (Å²) in [5, 5.41) is 3.94. The Labute approximate surface area is 118 Å². The number of aromatic nitrogens is 2. The number of methoxy groups -OCH3 is 1. The molecule has 0 spiro atoms. The maximum Gasteiger partial charge on any atom is 0.244 e. The lowest BCUT2D eigenvalue weighted by atomic mass is 10.1. The van der Waals surface area contributed by atoms with Gasteiger partial charge in [0, 0.05) is 5.56 Å². The maximum atomic E-state index is 5.96. The summed E-state index contributed by atoms with van der Waals surface area (Å²) in [5.41, 5.74) is 6.81. The van der Waals surface area contributed by atoms with Gasteiger partial charge in [-0.2, -0.15) is 4.98 Å². The Morgan fingerprint density at radius 2 is 2.05 bits per heavy atom. The zero-order valence-corrected chi connectivity index (χ0v) is 12.0. The monoisotopic (exact) mass is 283 g/mol. The average molecular weight is 284 g/mol. The molecule has 104 valence electrons. The predicted molar refractivity (Wildman–Crippen MR) is 75.3 cm³/mol. The third-order valence-electron chi connectivity index (χ3n) is 2.77. The van der Waals surface area contributed by atoms with Crippen molar-refractivity contribution in [3.05, 3.63) is 30.2 Å². The van der Waals surface area contributed by atoms with Gasteiger partial charge in [-0.3, -0.25) is 0 Å². The highest BCUT2D eigenvalue weighted by atomic mass is 35.5. The van der Waals surface area contributed by atoms with Gasteiger partial charge in [-0.1, -0.05) is 31.1 Å². The quantitative estimate of drug-likeness (QED) is 0.934. The molecule has 2 N–H and O–H groups in total. The molecular formula is C13H18ClN3O2. The first-order valence-electron chi connectivity index (χ1n) is 5.85. The molecule has 1 aromatic heterocycles. The highest BCUT2D eigenvalue weighted by Crippen LogP contribution is 2.24. The molecule has 0 unspecified atom stereocenters. The molecule has 0 radical (unpaired) electrons. The maximum absolute atomic E-state index is 5.96. The van der Waals surface area contributed by atoms with Crippen LogP contribution in [0.3, 0.4) is 0 Å². The largest absolute Gasteiger partial charge is 0.497 e. The van der Waals surface area contributed by atoms with Crippen LogP contribution in [0.5, 0.6) is 5.75 Å². The normalized spacial score (nSPS) is 12.1. The Kier molecular flexibility index (Phi) is 5.32. The Hall–Kier alpha value is -1.59. The van der Waals surface area contributed by atoms with E-state index in [0.717, 1.165) is 11.3 Å². The molecular weight excluding hydrogens is 266 g/mol. The van der Waals surface area contributed by atoms with Crippen molar-refractivity contribution in [3.8, 4) is 17.1 Å². The van der Waals surface area contributed by atoms with Crippen LogP contribution in [0.1, 0.15) is 25.8 Å². The van der Waals surface area contributed by atoms with Crippen molar-refractivity contribution < 1.29 is 9.26 Å². The zero-order chi connectivity index (χ0) is 13.1. The van der Waals surface area contributed by atoms with Gasteiger partial charge in [0.2, 0.25) is 11.7 Å². The van der Waals surface area contributed by atoms with E-state index in [-0.39, 0.29) is 24.4 Å². The van der Waals surface area contributed by atoms with Crippen LogP contribution in [-0.4, -0.2) is 17.3 Å². The van der Waals surface area contributed by atoms with E-state index in [1.807, 2.05) is 38.1 Å². The summed E-state index contributed by atoms with van der Waals surface area (Å²) in [4.78, 5) is 4.32. The van der Waals surface area contributed by atoms with Gasteiger partial charge in [0.25, 0.3) is 0 Å². The second kappa shape index (κ2) is 6.54. The number of benzene rings is 1. The molecule has 2 rings (SSSR count). The van der Waals surface area contributed by atoms with E-state index < -0.39 is 0 Å². The third kappa shape index (κ3) is 3.45. The van der Waals surface area contributed by atoms with Crippen LogP contribution in [0.15, 0.2) is 28.8 Å². The second-order valence-corrected chi connectivity index (χ2v) is 4.46. The third-order valence-corrected chi connectivity index (χ3v) is 2.77. The van der Waals surface area contributed by atoms with Crippen molar-refractivity contribution >= 4 is 12.4 Å². The van der Waals surface area contributed by atoms with Crippen LogP contribution in [-0.2, 0) is 0 Å². The van der Waals surface area contributed by atoms with Gasteiger partial charge < -0.3 is 15.0 Å². The minimum absolute atomic E-state index is 0. The minimum Gasteiger partial charge on any atom is -0.497 e. The SMILES string of the molecule is COc1cccc(-c2noc([C@H](N)C(C)C)n2)c1.Cl. The Morgan fingerprint density at radius 1 is 1.32 bits per heavy atom. The van der Waals surface area contributed by atoms with Crippen LogP contribution in [0.2, 0.25) is 0 Å². The molecule has 2 aromatic rings. The highest BCUT2D eigenvalue weighted by molar-refractivity contribution is 5.85. The zero-order valence-electron chi connectivity index (χ0n) is 11.2. The van der Waals surface area contributed by atoms with E-state index in [2.05, 4.69) is 10.1 Å². The van der Waals surface area contributed by atoms with E-state index in [0.29, 0.717) is 11.7 Å². The fourth-order valence-corrected chi connectivity index (χ4v) is 1.54. The molecule has 0 aliphatic heterocycles. The van der Waals surface area contributed by atoms with Crippen LogP contribution in [0.25, 0.3) is 11.4 Å². The van der Waals surface area contributed by atoms with Crippen molar-refractivity contribution in [2.45, 2.75) is 19.9 Å². The van der Waals surface area contributed by atoms with Crippen molar-refractivity contribution in [2.24, 2.45) is 11.7 Å². The average Bonchev–Trinajstić information content (AvgIpc) is 2.87. The number of rotatable bonds is 4. The van der Waals surface area contributed by atoms with E-state index in [1.165, 1.54) is 0 Å². The predicted octanol–water partition coefficient (Wildman–Crippen LogP) is 2.82. The molecule has 19 heavy (non-hydrogen) atoms. The van der Waals surface area contributed by atoms with Gasteiger partial charge in [-0.05, 0) is 18.1 Å². The number of ether oxygens (including phenoxy) is 1. The number of nitrogens with two attached hydrogens (primary N) is 1. The molecule has 1 heterocycles. The van der Waals surface area contributed by atoms with Crippen LogP contribution in [0, 0.1) is 5.92 Å². The van der Waals surface area contributed by atoms with Gasteiger partial charge in [-0.25, -0.2) is 0 Å². The molecule has 0 amide bonds. The summed E-state index contributed by atoms with van der Waals surface area (Å²) in [6, 6.07) is 7.27. The molecule has 0 saturated heterocycles. The van der Waals surface area contributed by atoms with Crippen molar-refractivity contribution in [2.75, 3.05) is 7.11 Å². The smallest absolute Gasteiger partial charge is 0.244 e. The Morgan fingerprint density at radius 3 is 2.68 bits per heavy atom. The molecule has 0 fully saturated rings. The number of nitrogens with zero attached hydrogens (tertiary/aromatic N) is 2. The van der Waals surface area contributed by atoms with Crippen molar-refractivity contribution in [3.63, 3.8) is 0 Å². The van der Waals surface area contributed by atoms with E-state index in [1.54, 1.807) is 7.11 Å². The van der Waals surface area contributed by atoms with E-state index in [4.69, 9.17) is 15.0 Å². The van der Waals surface area contributed by atoms with Gasteiger partial charge in [0.15, 0.2) is 0 Å². The van der Waals surface area contributed by atoms with Gasteiger partial charge in [-0.15, -0.1) is 12.4 Å². The lowest BCUT2D eigenvalue weighted by Gasteiger charge is -2.09. The molecule has 0 aliphatic rings. The Bertz CT molecular complexity index is 528. The van der Waals surface area contributed by atoms with Crippen LogP contribution >= 0.6 is 12.4 Å². The van der Waals surface area contributed by atoms with Crippen molar-refractivity contribution in [1.29, 1.82) is 0 Å². The molecule has 0 bridgehead atoms. The summed E-state index contributed by atoms with van der Waals surface area (Å²) in [6.45, 7) is 4.03. The molecule has 6 heteroatoms. The molecule has 5 nitrogen and oxygen atoms in total.